The standard InChI is InChI=1S/C34H44/c1-3-5-6-8-28-13-21-32(22-14-28)34-25-17-30(18-26-34)10-9-29-15-23-33(24-16-29)31-19-11-27(7-4-2)12-20-31/h13-15,17-18,21-22,25-27,31,33H,3-8,11-12,16,19-20,23-24H2,1-2H3. The van der Waals surface area contributed by atoms with Gasteiger partial charge < -0.3 is 0 Å². The lowest BCUT2D eigenvalue weighted by Gasteiger charge is -2.35. The van der Waals surface area contributed by atoms with Crippen molar-refractivity contribution >= 4 is 0 Å². The fourth-order valence-electron chi connectivity index (χ4n) is 6.09. The third kappa shape index (κ3) is 7.12. The lowest BCUT2D eigenvalue weighted by atomic mass is 9.71. The van der Waals surface area contributed by atoms with Crippen LogP contribution in [0.1, 0.15) is 102 Å². The van der Waals surface area contributed by atoms with Gasteiger partial charge in [0.05, 0.1) is 0 Å². The van der Waals surface area contributed by atoms with Crippen molar-refractivity contribution in [3.63, 3.8) is 0 Å². The molecular weight excluding hydrogens is 408 g/mol. The molecule has 0 heteroatoms. The average molecular weight is 453 g/mol. The van der Waals surface area contributed by atoms with Crippen LogP contribution in [0.15, 0.2) is 60.2 Å². The summed E-state index contributed by atoms with van der Waals surface area (Å²) in [6.07, 6.45) is 20.0. The number of aryl methyl sites for hydroxylation is 1. The highest BCUT2D eigenvalue weighted by Gasteiger charge is 2.28. The second-order valence-corrected chi connectivity index (χ2v) is 10.8. The summed E-state index contributed by atoms with van der Waals surface area (Å²) in [6, 6.07) is 17.9. The fraction of sp³-hybridized carbons (Fsp3) is 0.529. The third-order valence-corrected chi connectivity index (χ3v) is 8.32. The Balaban J connectivity index is 1.28. The molecule has 2 aromatic rings. The van der Waals surface area contributed by atoms with Gasteiger partial charge >= 0.3 is 0 Å². The van der Waals surface area contributed by atoms with Gasteiger partial charge in [-0.25, -0.2) is 0 Å². The van der Waals surface area contributed by atoms with E-state index in [1.54, 1.807) is 0 Å². The van der Waals surface area contributed by atoms with Crippen molar-refractivity contribution in [3.05, 3.63) is 71.3 Å². The van der Waals surface area contributed by atoms with Crippen LogP contribution in [0.5, 0.6) is 0 Å². The first-order valence-corrected chi connectivity index (χ1v) is 14.2. The zero-order chi connectivity index (χ0) is 23.6. The number of hydrogen-bond donors (Lipinski definition) is 0. The van der Waals surface area contributed by atoms with Gasteiger partial charge in [0.2, 0.25) is 0 Å². The quantitative estimate of drug-likeness (QED) is 0.276. The summed E-state index contributed by atoms with van der Waals surface area (Å²) in [7, 11) is 0. The Kier molecular flexibility index (Phi) is 9.50. The fourth-order valence-corrected chi connectivity index (χ4v) is 6.09. The Morgan fingerprint density at radius 3 is 2.03 bits per heavy atom. The van der Waals surface area contributed by atoms with Gasteiger partial charge in [0.25, 0.3) is 0 Å². The predicted molar refractivity (Wildman–Crippen MR) is 148 cm³/mol. The largest absolute Gasteiger partial charge is 0.0726 e. The van der Waals surface area contributed by atoms with Crippen LogP contribution in [-0.2, 0) is 6.42 Å². The summed E-state index contributed by atoms with van der Waals surface area (Å²) in [5.41, 5.74) is 6.50. The molecule has 0 nitrogen and oxygen atoms in total. The molecule has 1 atom stereocenters. The van der Waals surface area contributed by atoms with Crippen molar-refractivity contribution in [1.82, 2.24) is 0 Å². The molecule has 0 radical (unpaired) electrons. The summed E-state index contributed by atoms with van der Waals surface area (Å²) in [4.78, 5) is 0. The van der Waals surface area contributed by atoms with Crippen molar-refractivity contribution < 1.29 is 0 Å². The van der Waals surface area contributed by atoms with Crippen LogP contribution < -0.4 is 0 Å². The zero-order valence-corrected chi connectivity index (χ0v) is 21.6. The van der Waals surface area contributed by atoms with Crippen molar-refractivity contribution in [2.24, 2.45) is 17.8 Å². The molecule has 2 aliphatic rings. The van der Waals surface area contributed by atoms with Crippen LogP contribution in [0.4, 0.5) is 0 Å². The molecule has 2 aliphatic carbocycles. The first kappa shape index (κ1) is 24.9. The number of rotatable bonds is 8. The second-order valence-electron chi connectivity index (χ2n) is 10.8. The van der Waals surface area contributed by atoms with Gasteiger partial charge in [-0.15, -0.1) is 0 Å². The van der Waals surface area contributed by atoms with Crippen LogP contribution >= 0.6 is 0 Å². The Morgan fingerprint density at radius 2 is 1.41 bits per heavy atom. The molecule has 34 heavy (non-hydrogen) atoms. The summed E-state index contributed by atoms with van der Waals surface area (Å²) in [5.74, 6) is 9.81. The molecule has 0 aromatic heterocycles. The molecule has 0 saturated heterocycles. The number of benzene rings is 2. The minimum Gasteiger partial charge on any atom is -0.0726 e. The predicted octanol–water partition coefficient (Wildman–Crippen LogP) is 9.77. The monoisotopic (exact) mass is 452 g/mol. The van der Waals surface area contributed by atoms with E-state index in [9.17, 15) is 0 Å². The topological polar surface area (TPSA) is 0 Å². The third-order valence-electron chi connectivity index (χ3n) is 8.32. The van der Waals surface area contributed by atoms with Crippen LogP contribution in [0.25, 0.3) is 11.1 Å². The van der Waals surface area contributed by atoms with Gasteiger partial charge in [0.1, 0.15) is 0 Å². The molecule has 180 valence electrons. The Morgan fingerprint density at radius 1 is 0.706 bits per heavy atom. The molecule has 0 spiro atoms. The van der Waals surface area contributed by atoms with Gasteiger partial charge in [0.15, 0.2) is 0 Å². The van der Waals surface area contributed by atoms with Gasteiger partial charge in [-0.05, 0) is 97.1 Å². The first-order chi connectivity index (χ1) is 16.7. The Bertz CT molecular complexity index is 955. The minimum absolute atomic E-state index is 0.908. The highest BCUT2D eigenvalue weighted by atomic mass is 14.3. The summed E-state index contributed by atoms with van der Waals surface area (Å²) >= 11 is 0. The summed E-state index contributed by atoms with van der Waals surface area (Å²) in [5, 5.41) is 0. The molecule has 1 unspecified atom stereocenters. The SMILES string of the molecule is CCCCCc1ccc(-c2ccc(C#CC3=CCC(C4CCC(CCC)CC4)CC3)cc2)cc1. The van der Waals surface area contributed by atoms with E-state index in [1.807, 2.05) is 0 Å². The Hall–Kier alpha value is -2.26. The van der Waals surface area contributed by atoms with Crippen molar-refractivity contribution in [2.45, 2.75) is 97.3 Å². The van der Waals surface area contributed by atoms with Gasteiger partial charge in [-0.3, -0.25) is 0 Å². The summed E-state index contributed by atoms with van der Waals surface area (Å²) < 4.78 is 0. The van der Waals surface area contributed by atoms with E-state index in [4.69, 9.17) is 0 Å². The molecule has 2 aromatic carbocycles. The van der Waals surface area contributed by atoms with Gasteiger partial charge in [-0.1, -0.05) is 107 Å². The molecular formula is C34H44. The summed E-state index contributed by atoms with van der Waals surface area (Å²) in [6.45, 7) is 4.60. The maximum Gasteiger partial charge on any atom is 0.0249 e. The maximum atomic E-state index is 3.49. The average Bonchev–Trinajstić information content (AvgIpc) is 2.89. The zero-order valence-electron chi connectivity index (χ0n) is 21.6. The van der Waals surface area contributed by atoms with E-state index in [2.05, 4.69) is 80.3 Å². The number of allylic oxidation sites excluding steroid dienone is 2. The van der Waals surface area contributed by atoms with E-state index in [0.717, 1.165) is 23.3 Å². The van der Waals surface area contributed by atoms with Gasteiger partial charge in [-0.2, -0.15) is 0 Å². The van der Waals surface area contributed by atoms with Crippen LogP contribution in [-0.4, -0.2) is 0 Å². The molecule has 0 N–H and O–H groups in total. The van der Waals surface area contributed by atoms with Crippen LogP contribution in [0, 0.1) is 29.6 Å². The highest BCUT2D eigenvalue weighted by molar-refractivity contribution is 5.64. The van der Waals surface area contributed by atoms with Crippen LogP contribution in [0.2, 0.25) is 0 Å². The lowest BCUT2D eigenvalue weighted by Crippen LogP contribution is -2.23. The maximum absolute atomic E-state index is 3.49. The normalized spacial score (nSPS) is 22.5. The van der Waals surface area contributed by atoms with Gasteiger partial charge in [0, 0.05) is 5.56 Å². The number of hydrogen-bond acceptors (Lipinski definition) is 0. The molecule has 1 saturated carbocycles. The van der Waals surface area contributed by atoms with E-state index in [0.29, 0.717) is 0 Å². The lowest BCUT2D eigenvalue weighted by molar-refractivity contribution is 0.187. The molecule has 0 heterocycles. The molecule has 0 aliphatic heterocycles. The smallest absolute Gasteiger partial charge is 0.0249 e. The molecule has 0 amide bonds. The van der Waals surface area contributed by atoms with Crippen LogP contribution in [0.3, 0.4) is 0 Å². The van der Waals surface area contributed by atoms with Crippen molar-refractivity contribution in [1.29, 1.82) is 0 Å². The molecule has 0 bridgehead atoms. The number of unbranched alkanes of at least 4 members (excludes halogenated alkanes) is 2. The molecule has 4 rings (SSSR count). The Labute approximate surface area is 209 Å². The minimum atomic E-state index is 0.908. The van der Waals surface area contributed by atoms with Crippen molar-refractivity contribution in [3.8, 4) is 23.0 Å². The molecule has 1 fully saturated rings. The first-order valence-electron chi connectivity index (χ1n) is 14.2. The van der Waals surface area contributed by atoms with E-state index < -0.39 is 0 Å². The van der Waals surface area contributed by atoms with E-state index in [1.165, 1.54) is 106 Å². The van der Waals surface area contributed by atoms with E-state index >= 15 is 0 Å². The second kappa shape index (κ2) is 13.0. The van der Waals surface area contributed by atoms with E-state index in [-0.39, 0.29) is 0 Å². The highest BCUT2D eigenvalue weighted by Crippen LogP contribution is 2.40. The van der Waals surface area contributed by atoms with Crippen molar-refractivity contribution in [2.75, 3.05) is 0 Å².